The molecular weight excluding hydrogens is 848 g/mol. The zero-order chi connectivity index (χ0) is 44.4. The Bertz CT molecular complexity index is 2970. The second-order valence-electron chi connectivity index (χ2n) is 13.8. The Hall–Kier alpha value is -8.66. The van der Waals surface area contributed by atoms with Crippen molar-refractivity contribution in [3.8, 4) is 23.0 Å². The number of hydrogen-bond acceptors (Lipinski definition) is 13. The van der Waals surface area contributed by atoms with Crippen molar-refractivity contribution in [3.05, 3.63) is 168 Å². The predicted octanol–water partition coefficient (Wildman–Crippen LogP) is 8.66. The second-order valence-corrected chi connectivity index (χ2v) is 13.8. The van der Waals surface area contributed by atoms with Gasteiger partial charge in [0.1, 0.15) is 11.5 Å². The predicted molar refractivity (Wildman–Crippen MR) is 240 cm³/mol. The van der Waals surface area contributed by atoms with Crippen LogP contribution in [0.5, 0.6) is 23.0 Å². The number of aliphatic imine (C=N–C) groups is 4. The van der Waals surface area contributed by atoms with E-state index in [2.05, 4.69) is 50.3 Å². The van der Waals surface area contributed by atoms with Crippen LogP contribution in [0.25, 0.3) is 43.1 Å². The van der Waals surface area contributed by atoms with Crippen molar-refractivity contribution in [2.45, 2.75) is 0 Å². The molecule has 15 nitrogen and oxygen atoms in total. The SMILES string of the molecule is [O-]c1ccc2ccccc2c1/C=N/c1n[nH]c(/N=C/c2c(O)ccc3ccccc23)n1.[O-]c1ccc2ccccc2c1/C=N/c1n[nH]c(/N=C/c2c(O)ccc3ccccc23)n1.[O]=[V+2]. The summed E-state index contributed by atoms with van der Waals surface area (Å²) in [5.41, 5.74) is 2.14. The summed E-state index contributed by atoms with van der Waals surface area (Å²) in [6.07, 6.45) is 6.01. The van der Waals surface area contributed by atoms with Gasteiger partial charge in [0.05, 0.1) is 0 Å². The van der Waals surface area contributed by atoms with Crippen LogP contribution in [0.1, 0.15) is 22.3 Å². The summed E-state index contributed by atoms with van der Waals surface area (Å²) in [5, 5.41) is 65.7. The minimum absolute atomic E-state index is 0.123. The van der Waals surface area contributed by atoms with Crippen LogP contribution >= 0.6 is 0 Å². The van der Waals surface area contributed by atoms with E-state index in [1.807, 2.05) is 109 Å². The van der Waals surface area contributed by atoms with E-state index in [0.29, 0.717) is 22.3 Å². The van der Waals surface area contributed by atoms with Crippen molar-refractivity contribution in [2.75, 3.05) is 0 Å². The van der Waals surface area contributed by atoms with E-state index < -0.39 is 0 Å². The number of hydrogen-bond donors (Lipinski definition) is 4. The molecular formula is C48H32N10O5V. The van der Waals surface area contributed by atoms with Gasteiger partial charge in [-0.25, -0.2) is 30.2 Å². The van der Waals surface area contributed by atoms with Crippen molar-refractivity contribution in [1.82, 2.24) is 30.4 Å². The van der Waals surface area contributed by atoms with Crippen LogP contribution in [0, 0.1) is 0 Å². The van der Waals surface area contributed by atoms with Crippen LogP contribution in [0.4, 0.5) is 23.8 Å². The molecule has 16 heteroatoms. The first-order valence-corrected chi connectivity index (χ1v) is 19.9. The number of rotatable bonds is 8. The number of H-pyrrole nitrogens is 2. The van der Waals surface area contributed by atoms with E-state index in [4.69, 9.17) is 3.67 Å². The molecule has 0 amide bonds. The van der Waals surface area contributed by atoms with Crippen LogP contribution in [-0.4, -0.2) is 65.4 Å². The molecule has 309 valence electrons. The molecule has 4 N–H and O–H groups in total. The molecule has 0 aliphatic heterocycles. The summed E-state index contributed by atoms with van der Waals surface area (Å²) in [6, 6.07) is 44.2. The van der Waals surface area contributed by atoms with Gasteiger partial charge in [-0.15, -0.1) is 10.2 Å². The third-order valence-electron chi connectivity index (χ3n) is 9.93. The molecule has 0 aliphatic carbocycles. The van der Waals surface area contributed by atoms with E-state index in [-0.39, 0.29) is 46.8 Å². The molecule has 10 aromatic rings. The number of nitrogens with zero attached hydrogens (tertiary/aromatic N) is 8. The van der Waals surface area contributed by atoms with Gasteiger partial charge in [0, 0.05) is 36.0 Å². The van der Waals surface area contributed by atoms with Crippen molar-refractivity contribution in [1.29, 1.82) is 0 Å². The Balaban J connectivity index is 0.000000169. The first-order valence-electron chi connectivity index (χ1n) is 19.4. The summed E-state index contributed by atoms with van der Waals surface area (Å²) >= 11 is 1.06. The summed E-state index contributed by atoms with van der Waals surface area (Å²) in [5.74, 6) is 0.784. The molecule has 64 heavy (non-hydrogen) atoms. The zero-order valence-corrected chi connectivity index (χ0v) is 34.7. The quantitative estimate of drug-likeness (QED) is 0.107. The normalized spacial score (nSPS) is 11.6. The van der Waals surface area contributed by atoms with Gasteiger partial charge >= 0.3 is 21.0 Å². The molecule has 0 aliphatic rings. The Labute approximate surface area is 372 Å². The Morgan fingerprint density at radius 1 is 0.422 bits per heavy atom. The number of phenolic OH excluding ortho intramolecular Hbond substituents is 2. The molecule has 10 rings (SSSR count). The van der Waals surface area contributed by atoms with Crippen LogP contribution < -0.4 is 10.2 Å². The van der Waals surface area contributed by atoms with Gasteiger partial charge in [-0.1, -0.05) is 145 Å². The fourth-order valence-electron chi connectivity index (χ4n) is 6.87. The summed E-state index contributed by atoms with van der Waals surface area (Å²) in [4.78, 5) is 25.4. The van der Waals surface area contributed by atoms with Gasteiger partial charge in [-0.05, 0) is 66.3 Å². The van der Waals surface area contributed by atoms with Gasteiger partial charge in [0.25, 0.3) is 11.9 Å². The Morgan fingerprint density at radius 3 is 1.11 bits per heavy atom. The maximum absolute atomic E-state index is 12.3. The third-order valence-corrected chi connectivity index (χ3v) is 9.93. The van der Waals surface area contributed by atoms with Gasteiger partial charge in [-0.2, -0.15) is 9.97 Å². The monoisotopic (exact) mass is 879 g/mol. The van der Waals surface area contributed by atoms with Gasteiger partial charge in [0.2, 0.25) is 11.9 Å². The molecule has 0 unspecified atom stereocenters. The number of fused-ring (bicyclic) bond motifs is 4. The minimum atomic E-state index is -0.123. The summed E-state index contributed by atoms with van der Waals surface area (Å²) < 4.78 is 8.19. The molecule has 8 aromatic carbocycles. The Kier molecular flexibility index (Phi) is 12.7. The second kappa shape index (κ2) is 19.4. The van der Waals surface area contributed by atoms with Gasteiger partial charge in [0.15, 0.2) is 0 Å². The first-order chi connectivity index (χ1) is 31.4. The number of aromatic amines is 2. The van der Waals surface area contributed by atoms with Crippen molar-refractivity contribution in [2.24, 2.45) is 20.0 Å². The molecule has 0 atom stereocenters. The number of phenols is 2. The maximum atomic E-state index is 12.3. The molecule has 0 bridgehead atoms. The van der Waals surface area contributed by atoms with Crippen LogP contribution in [0.2, 0.25) is 0 Å². The molecule has 0 saturated carbocycles. The number of aromatic nitrogens is 6. The molecule has 2 aromatic heterocycles. The number of nitrogens with one attached hydrogen (secondary N) is 2. The topological polar surface area (TPSA) is 236 Å². The van der Waals surface area contributed by atoms with Crippen molar-refractivity contribution < 1.29 is 41.5 Å². The standard InChI is InChI=1S/2C24H17N5O2.O.V/c2*30-21-11-9-15-5-1-3-7-17(15)19(21)13-25-23-27-24(29-28-23)26-14-20-18-8-4-2-6-16(18)10-12-22(20)31;;/h2*1-14,30-31H,(H,27,28,29);;/q;;;+2/p-2/b2*25-13+,26-14+;;. The zero-order valence-electron chi connectivity index (χ0n) is 33.3. The number of aromatic hydroxyl groups is 2. The van der Waals surface area contributed by atoms with Crippen molar-refractivity contribution >= 4 is 91.7 Å². The summed E-state index contributed by atoms with van der Waals surface area (Å²) in [7, 11) is 0. The molecule has 0 fully saturated rings. The fourth-order valence-corrected chi connectivity index (χ4v) is 6.87. The van der Waals surface area contributed by atoms with E-state index in [1.54, 1.807) is 24.3 Å². The Morgan fingerprint density at radius 2 is 0.734 bits per heavy atom. The molecule has 0 radical (unpaired) electrons. The van der Waals surface area contributed by atoms with Crippen molar-refractivity contribution in [3.63, 3.8) is 0 Å². The van der Waals surface area contributed by atoms with Gasteiger partial charge < -0.3 is 20.4 Å². The van der Waals surface area contributed by atoms with Crippen LogP contribution in [0.3, 0.4) is 0 Å². The number of benzene rings is 8. The summed E-state index contributed by atoms with van der Waals surface area (Å²) in [6.45, 7) is 0. The van der Waals surface area contributed by atoms with Crippen LogP contribution in [-0.2, 0) is 21.0 Å². The van der Waals surface area contributed by atoms with E-state index in [9.17, 15) is 20.4 Å². The molecule has 2 heterocycles. The van der Waals surface area contributed by atoms with E-state index >= 15 is 0 Å². The van der Waals surface area contributed by atoms with E-state index in [1.165, 1.54) is 37.0 Å². The van der Waals surface area contributed by atoms with E-state index in [0.717, 1.165) is 60.5 Å². The van der Waals surface area contributed by atoms with Gasteiger partial charge in [-0.3, -0.25) is 0 Å². The first kappa shape index (κ1) is 42.1. The average Bonchev–Trinajstić information content (AvgIpc) is 4.00. The average molecular weight is 880 g/mol. The molecule has 0 saturated heterocycles. The van der Waals surface area contributed by atoms with Crippen LogP contribution in [0.15, 0.2) is 166 Å². The fraction of sp³-hybridized carbons (Fsp3) is 0. The molecule has 0 spiro atoms. The third kappa shape index (κ3) is 9.30.